The number of likely N-dealkylation sites (tertiary alicyclic amines) is 1. The first-order valence-corrected chi connectivity index (χ1v) is 7.85. The summed E-state index contributed by atoms with van der Waals surface area (Å²) in [5, 5.41) is 7.10. The molecular weight excluding hydrogens is 268 g/mol. The Morgan fingerprint density at radius 3 is 2.67 bits per heavy atom. The number of nitrogens with zero attached hydrogens (tertiary/aromatic N) is 3. The Labute approximate surface area is 125 Å². The molecule has 1 aromatic heterocycles. The summed E-state index contributed by atoms with van der Waals surface area (Å²) in [6, 6.07) is 2.04. The van der Waals surface area contributed by atoms with Crippen molar-refractivity contribution in [2.75, 3.05) is 39.4 Å². The van der Waals surface area contributed by atoms with Crippen LogP contribution in [-0.2, 0) is 9.53 Å². The third kappa shape index (κ3) is 3.27. The van der Waals surface area contributed by atoms with Crippen LogP contribution in [0.25, 0.3) is 0 Å². The predicted molar refractivity (Wildman–Crippen MR) is 79.0 cm³/mol. The second-order valence-electron chi connectivity index (χ2n) is 5.94. The van der Waals surface area contributed by atoms with Gasteiger partial charge in [0.1, 0.15) is 0 Å². The van der Waals surface area contributed by atoms with Crippen LogP contribution in [0.2, 0.25) is 0 Å². The fourth-order valence-electron chi connectivity index (χ4n) is 3.30. The molecule has 6 nitrogen and oxygen atoms in total. The Hall–Kier alpha value is -1.40. The smallest absolute Gasteiger partial charge is 0.239 e. The van der Waals surface area contributed by atoms with Gasteiger partial charge in [-0.2, -0.15) is 5.10 Å². The number of H-pyrrole nitrogens is 1. The molecule has 0 spiro atoms. The maximum absolute atomic E-state index is 12.5. The second-order valence-corrected chi connectivity index (χ2v) is 5.94. The van der Waals surface area contributed by atoms with Crippen LogP contribution < -0.4 is 0 Å². The molecule has 116 valence electrons. The summed E-state index contributed by atoms with van der Waals surface area (Å²) in [4.78, 5) is 16.8. The first kappa shape index (κ1) is 14.5. The van der Waals surface area contributed by atoms with Crippen molar-refractivity contribution in [2.24, 2.45) is 0 Å². The third-order valence-corrected chi connectivity index (χ3v) is 4.72. The van der Waals surface area contributed by atoms with Crippen LogP contribution in [0.5, 0.6) is 0 Å². The van der Waals surface area contributed by atoms with Crippen LogP contribution in [0, 0.1) is 0 Å². The van der Waals surface area contributed by atoms with Gasteiger partial charge in [-0.25, -0.2) is 0 Å². The highest BCUT2D eigenvalue weighted by atomic mass is 16.5. The maximum Gasteiger partial charge on any atom is 0.239 e. The van der Waals surface area contributed by atoms with Gasteiger partial charge in [-0.05, 0) is 38.9 Å². The highest BCUT2D eigenvalue weighted by Crippen LogP contribution is 2.27. The van der Waals surface area contributed by atoms with E-state index in [1.807, 2.05) is 18.0 Å². The number of nitrogens with one attached hydrogen (secondary N) is 1. The summed E-state index contributed by atoms with van der Waals surface area (Å²) in [7, 11) is 0. The quantitative estimate of drug-likeness (QED) is 0.896. The first-order valence-electron chi connectivity index (χ1n) is 7.85. The van der Waals surface area contributed by atoms with Gasteiger partial charge in [0.15, 0.2) is 0 Å². The summed E-state index contributed by atoms with van der Waals surface area (Å²) >= 11 is 0. The van der Waals surface area contributed by atoms with Crippen molar-refractivity contribution in [3.05, 3.63) is 18.0 Å². The SMILES string of the molecule is C[C@@H](C(=O)N1CCOCC1)N1CCC(c2ccn[nH]2)CC1. The monoisotopic (exact) mass is 292 g/mol. The normalized spacial score (nSPS) is 23.2. The molecule has 3 rings (SSSR count). The van der Waals surface area contributed by atoms with Crippen molar-refractivity contribution < 1.29 is 9.53 Å². The molecule has 2 fully saturated rings. The topological polar surface area (TPSA) is 61.5 Å². The van der Waals surface area contributed by atoms with Crippen molar-refractivity contribution >= 4 is 5.91 Å². The first-order chi connectivity index (χ1) is 10.3. The standard InChI is InChI=1S/C15H24N4O2/c1-12(15(20)19-8-10-21-11-9-19)18-6-3-13(4-7-18)14-2-5-16-17-14/h2,5,12-13H,3-4,6-11H2,1H3,(H,16,17)/t12-/m0/s1. The van der Waals surface area contributed by atoms with E-state index in [1.54, 1.807) is 0 Å². The zero-order valence-corrected chi connectivity index (χ0v) is 12.6. The van der Waals surface area contributed by atoms with Crippen LogP contribution in [0.4, 0.5) is 0 Å². The molecular formula is C15H24N4O2. The molecule has 0 aliphatic carbocycles. The van der Waals surface area contributed by atoms with Crippen molar-refractivity contribution in [1.29, 1.82) is 0 Å². The average Bonchev–Trinajstić information content (AvgIpc) is 3.09. The van der Waals surface area contributed by atoms with Crippen molar-refractivity contribution in [3.8, 4) is 0 Å². The molecule has 1 amide bonds. The van der Waals surface area contributed by atoms with Crippen molar-refractivity contribution in [1.82, 2.24) is 20.0 Å². The number of aromatic amines is 1. The van der Waals surface area contributed by atoms with Crippen molar-refractivity contribution in [2.45, 2.75) is 31.7 Å². The molecule has 1 aromatic rings. The maximum atomic E-state index is 12.5. The highest BCUT2D eigenvalue weighted by Gasteiger charge is 2.30. The van der Waals surface area contributed by atoms with Gasteiger partial charge in [-0.1, -0.05) is 0 Å². The Morgan fingerprint density at radius 2 is 2.05 bits per heavy atom. The van der Waals surface area contributed by atoms with Gasteiger partial charge in [0.25, 0.3) is 0 Å². The van der Waals surface area contributed by atoms with Crippen LogP contribution in [-0.4, -0.2) is 71.3 Å². The van der Waals surface area contributed by atoms with Gasteiger partial charge in [-0.15, -0.1) is 0 Å². The van der Waals surface area contributed by atoms with E-state index in [0.29, 0.717) is 19.1 Å². The van der Waals surface area contributed by atoms with Crippen LogP contribution in [0.3, 0.4) is 0 Å². The van der Waals surface area contributed by atoms with Gasteiger partial charge in [0.2, 0.25) is 5.91 Å². The molecule has 1 atom stereocenters. The number of piperidine rings is 1. The lowest BCUT2D eigenvalue weighted by atomic mass is 9.93. The number of carbonyl (C=O) groups excluding carboxylic acids is 1. The Balaban J connectivity index is 1.52. The number of carbonyl (C=O) groups is 1. The molecule has 21 heavy (non-hydrogen) atoms. The summed E-state index contributed by atoms with van der Waals surface area (Å²) in [5.74, 6) is 0.799. The molecule has 0 bridgehead atoms. The molecule has 2 aliphatic rings. The van der Waals surface area contributed by atoms with E-state index in [9.17, 15) is 4.79 Å². The number of rotatable bonds is 3. The Bertz CT molecular complexity index is 448. The van der Waals surface area contributed by atoms with Gasteiger partial charge in [-0.3, -0.25) is 14.8 Å². The zero-order valence-electron chi connectivity index (χ0n) is 12.6. The Morgan fingerprint density at radius 1 is 1.33 bits per heavy atom. The number of hydrogen-bond acceptors (Lipinski definition) is 4. The molecule has 6 heteroatoms. The molecule has 0 radical (unpaired) electrons. The number of aromatic nitrogens is 2. The second kappa shape index (κ2) is 6.58. The fourth-order valence-corrected chi connectivity index (χ4v) is 3.30. The molecule has 0 unspecified atom stereocenters. The van der Waals surface area contributed by atoms with E-state index in [-0.39, 0.29) is 11.9 Å². The van der Waals surface area contributed by atoms with E-state index in [2.05, 4.69) is 21.2 Å². The molecule has 2 aliphatic heterocycles. The minimum atomic E-state index is -0.0224. The Kier molecular flexibility index (Phi) is 4.55. The summed E-state index contributed by atoms with van der Waals surface area (Å²) in [5.41, 5.74) is 1.22. The average molecular weight is 292 g/mol. The minimum absolute atomic E-state index is 0.0224. The van der Waals surface area contributed by atoms with E-state index in [1.165, 1.54) is 5.69 Å². The predicted octanol–water partition coefficient (Wildman–Crippen LogP) is 0.836. The van der Waals surface area contributed by atoms with E-state index in [0.717, 1.165) is 39.0 Å². The molecule has 0 saturated carbocycles. The number of ether oxygens (including phenoxy) is 1. The molecule has 2 saturated heterocycles. The zero-order chi connectivity index (χ0) is 14.7. The minimum Gasteiger partial charge on any atom is -0.378 e. The van der Waals surface area contributed by atoms with E-state index in [4.69, 9.17) is 4.74 Å². The number of morpholine rings is 1. The third-order valence-electron chi connectivity index (χ3n) is 4.72. The van der Waals surface area contributed by atoms with E-state index >= 15 is 0 Å². The number of amides is 1. The summed E-state index contributed by atoms with van der Waals surface area (Å²) < 4.78 is 5.31. The molecule has 0 aromatic carbocycles. The molecule has 1 N–H and O–H groups in total. The van der Waals surface area contributed by atoms with Gasteiger partial charge in [0, 0.05) is 30.9 Å². The highest BCUT2D eigenvalue weighted by molar-refractivity contribution is 5.81. The summed E-state index contributed by atoms with van der Waals surface area (Å²) in [6.07, 6.45) is 3.98. The van der Waals surface area contributed by atoms with Gasteiger partial charge in [0.05, 0.1) is 19.3 Å². The fraction of sp³-hybridized carbons (Fsp3) is 0.733. The van der Waals surface area contributed by atoms with Crippen LogP contribution in [0.15, 0.2) is 12.3 Å². The summed E-state index contributed by atoms with van der Waals surface area (Å²) in [6.45, 7) is 6.78. The lowest BCUT2D eigenvalue weighted by molar-refractivity contribution is -0.140. The van der Waals surface area contributed by atoms with Crippen LogP contribution in [0.1, 0.15) is 31.4 Å². The van der Waals surface area contributed by atoms with Crippen molar-refractivity contribution in [3.63, 3.8) is 0 Å². The van der Waals surface area contributed by atoms with Crippen LogP contribution >= 0.6 is 0 Å². The molecule has 3 heterocycles. The van der Waals surface area contributed by atoms with Gasteiger partial charge >= 0.3 is 0 Å². The lowest BCUT2D eigenvalue weighted by Crippen LogP contribution is -2.52. The lowest BCUT2D eigenvalue weighted by Gasteiger charge is -2.38. The number of hydrogen-bond donors (Lipinski definition) is 1. The van der Waals surface area contributed by atoms with Gasteiger partial charge < -0.3 is 9.64 Å². The van der Waals surface area contributed by atoms with E-state index < -0.39 is 0 Å². The largest absolute Gasteiger partial charge is 0.378 e.